The van der Waals surface area contributed by atoms with Gasteiger partial charge < -0.3 is 9.88 Å². The molecule has 0 spiro atoms. The van der Waals surface area contributed by atoms with Gasteiger partial charge in [-0.3, -0.25) is 10.1 Å². The molecule has 0 aromatic carbocycles. The zero-order chi connectivity index (χ0) is 12.8. The van der Waals surface area contributed by atoms with Gasteiger partial charge in [0, 0.05) is 38.4 Å². The summed E-state index contributed by atoms with van der Waals surface area (Å²) in [6, 6.07) is -0.149. The summed E-state index contributed by atoms with van der Waals surface area (Å²) < 4.78 is 2.14. The van der Waals surface area contributed by atoms with Gasteiger partial charge in [0.15, 0.2) is 0 Å². The fourth-order valence-corrected chi connectivity index (χ4v) is 2.08. The monoisotopic (exact) mass is 248 g/mol. The van der Waals surface area contributed by atoms with Crippen LogP contribution >= 0.6 is 0 Å². The Morgan fingerprint density at radius 2 is 2.56 bits per heavy atom. The third kappa shape index (κ3) is 3.20. The van der Waals surface area contributed by atoms with Crippen molar-refractivity contribution in [1.29, 1.82) is 0 Å². The van der Waals surface area contributed by atoms with E-state index in [9.17, 15) is 4.79 Å². The fourth-order valence-electron chi connectivity index (χ4n) is 2.08. The molecule has 0 saturated heterocycles. The van der Waals surface area contributed by atoms with E-state index in [0.717, 1.165) is 31.8 Å². The molecule has 1 aliphatic heterocycles. The summed E-state index contributed by atoms with van der Waals surface area (Å²) in [6.45, 7) is 4.48. The topological polar surface area (TPSA) is 59.0 Å². The van der Waals surface area contributed by atoms with Crippen LogP contribution in [0.3, 0.4) is 0 Å². The summed E-state index contributed by atoms with van der Waals surface area (Å²) in [5, 5.41) is 6.03. The van der Waals surface area contributed by atoms with Crippen molar-refractivity contribution in [3.63, 3.8) is 0 Å². The van der Waals surface area contributed by atoms with Crippen molar-refractivity contribution in [3.05, 3.63) is 30.4 Å². The van der Waals surface area contributed by atoms with Gasteiger partial charge in [-0.25, -0.2) is 4.98 Å². The first-order valence-corrected chi connectivity index (χ1v) is 6.49. The molecular weight excluding hydrogens is 228 g/mol. The van der Waals surface area contributed by atoms with Crippen LogP contribution in [0, 0.1) is 0 Å². The second kappa shape index (κ2) is 6.35. The van der Waals surface area contributed by atoms with Gasteiger partial charge in [-0.1, -0.05) is 19.1 Å². The number of carbonyl (C=O) groups excluding carboxylic acids is 1. The molecule has 1 unspecified atom stereocenters. The molecule has 0 saturated carbocycles. The van der Waals surface area contributed by atoms with Gasteiger partial charge in [-0.15, -0.1) is 0 Å². The van der Waals surface area contributed by atoms with Crippen LogP contribution in [0.2, 0.25) is 0 Å². The van der Waals surface area contributed by atoms with Crippen molar-refractivity contribution in [2.45, 2.75) is 32.4 Å². The van der Waals surface area contributed by atoms with E-state index in [1.165, 1.54) is 0 Å². The Kier molecular flexibility index (Phi) is 4.52. The molecule has 18 heavy (non-hydrogen) atoms. The molecule has 2 heterocycles. The Hall–Kier alpha value is -1.62. The Balaban J connectivity index is 1.66. The number of hydrogen-bond donors (Lipinski definition) is 2. The van der Waals surface area contributed by atoms with Crippen LogP contribution in [0.5, 0.6) is 0 Å². The Morgan fingerprint density at radius 1 is 1.67 bits per heavy atom. The number of imidazole rings is 1. The Morgan fingerprint density at radius 3 is 3.28 bits per heavy atom. The van der Waals surface area contributed by atoms with Crippen LogP contribution in [-0.2, 0) is 17.8 Å². The average molecular weight is 248 g/mol. The quantitative estimate of drug-likeness (QED) is 0.568. The van der Waals surface area contributed by atoms with Crippen LogP contribution in [0.15, 0.2) is 24.5 Å². The first kappa shape index (κ1) is 12.8. The predicted octanol–water partition coefficient (Wildman–Crippen LogP) is 0.480. The number of hydrogen-bond acceptors (Lipinski definition) is 3. The molecule has 2 rings (SSSR count). The van der Waals surface area contributed by atoms with Crippen molar-refractivity contribution < 1.29 is 4.79 Å². The minimum Gasteiger partial charge on any atom is -0.354 e. The van der Waals surface area contributed by atoms with Gasteiger partial charge in [-0.05, 0) is 6.42 Å². The molecule has 98 valence electrons. The highest BCUT2D eigenvalue weighted by Crippen LogP contribution is 2.00. The molecule has 5 nitrogen and oxygen atoms in total. The van der Waals surface area contributed by atoms with Crippen molar-refractivity contribution in [2.75, 3.05) is 13.1 Å². The lowest BCUT2D eigenvalue weighted by molar-refractivity contribution is -0.121. The number of rotatable bonds is 6. The Labute approximate surface area is 107 Å². The maximum Gasteiger partial charge on any atom is 0.241 e. The molecular formula is C13H20N4O. The normalized spacial score (nSPS) is 18.2. The van der Waals surface area contributed by atoms with Crippen molar-refractivity contribution >= 4 is 5.91 Å². The van der Waals surface area contributed by atoms with E-state index in [1.807, 2.05) is 24.5 Å². The average Bonchev–Trinajstić information content (AvgIpc) is 3.04. The maximum atomic E-state index is 11.7. The van der Waals surface area contributed by atoms with Crippen LogP contribution < -0.4 is 10.6 Å². The fraction of sp³-hybridized carbons (Fsp3) is 0.538. The summed E-state index contributed by atoms with van der Waals surface area (Å²) in [5.41, 5.74) is 0. The van der Waals surface area contributed by atoms with Gasteiger partial charge in [0.05, 0.1) is 0 Å². The van der Waals surface area contributed by atoms with Crippen LogP contribution in [0.1, 0.15) is 19.2 Å². The SMILES string of the molecule is CCc1nccn1CCCNC(=O)C1C=CCN1. The second-order valence-electron chi connectivity index (χ2n) is 4.35. The molecule has 1 aromatic rings. The third-order valence-corrected chi connectivity index (χ3v) is 3.06. The summed E-state index contributed by atoms with van der Waals surface area (Å²) >= 11 is 0. The zero-order valence-corrected chi connectivity index (χ0v) is 10.7. The molecule has 0 fully saturated rings. The highest BCUT2D eigenvalue weighted by molar-refractivity contribution is 5.84. The zero-order valence-electron chi connectivity index (χ0n) is 10.7. The van der Waals surface area contributed by atoms with Crippen molar-refractivity contribution in [1.82, 2.24) is 20.2 Å². The lowest BCUT2D eigenvalue weighted by Crippen LogP contribution is -2.40. The lowest BCUT2D eigenvalue weighted by atomic mass is 10.3. The second-order valence-corrected chi connectivity index (χ2v) is 4.35. The van der Waals surface area contributed by atoms with Crippen molar-refractivity contribution in [3.8, 4) is 0 Å². The summed E-state index contributed by atoms with van der Waals surface area (Å²) in [4.78, 5) is 16.0. The van der Waals surface area contributed by atoms with E-state index >= 15 is 0 Å². The third-order valence-electron chi connectivity index (χ3n) is 3.06. The molecule has 1 amide bonds. The highest BCUT2D eigenvalue weighted by atomic mass is 16.2. The number of nitrogens with one attached hydrogen (secondary N) is 2. The number of nitrogens with zero attached hydrogens (tertiary/aromatic N) is 2. The summed E-state index contributed by atoms with van der Waals surface area (Å²) in [7, 11) is 0. The van der Waals surface area contributed by atoms with Crippen LogP contribution in [0.4, 0.5) is 0 Å². The van der Waals surface area contributed by atoms with Crippen LogP contribution in [-0.4, -0.2) is 34.6 Å². The smallest absolute Gasteiger partial charge is 0.241 e. The standard InChI is InChI=1S/C13H20N4O/c1-2-12-15-8-10-17(12)9-4-7-16-13(18)11-5-3-6-14-11/h3,5,8,10-11,14H,2,4,6-7,9H2,1H3,(H,16,18). The number of carbonyl (C=O) groups is 1. The summed E-state index contributed by atoms with van der Waals surface area (Å²) in [6.07, 6.45) is 9.55. The maximum absolute atomic E-state index is 11.7. The first-order chi connectivity index (χ1) is 8.81. The number of aromatic nitrogens is 2. The van der Waals surface area contributed by atoms with Gasteiger partial charge in [-0.2, -0.15) is 0 Å². The summed E-state index contributed by atoms with van der Waals surface area (Å²) in [5.74, 6) is 1.16. The van der Waals surface area contributed by atoms with E-state index in [0.29, 0.717) is 6.54 Å². The minimum atomic E-state index is -0.149. The molecule has 1 aromatic heterocycles. The molecule has 0 aliphatic carbocycles. The van der Waals surface area contributed by atoms with E-state index in [-0.39, 0.29) is 11.9 Å². The Bertz CT molecular complexity index is 424. The largest absolute Gasteiger partial charge is 0.354 e. The molecule has 1 aliphatic rings. The van der Waals surface area contributed by atoms with Crippen LogP contribution in [0.25, 0.3) is 0 Å². The number of amides is 1. The number of aryl methyl sites for hydroxylation is 2. The lowest BCUT2D eigenvalue weighted by Gasteiger charge is -2.11. The van der Waals surface area contributed by atoms with E-state index in [1.54, 1.807) is 0 Å². The van der Waals surface area contributed by atoms with Gasteiger partial charge in [0.1, 0.15) is 11.9 Å². The van der Waals surface area contributed by atoms with Gasteiger partial charge in [0.2, 0.25) is 5.91 Å². The molecule has 0 bridgehead atoms. The van der Waals surface area contributed by atoms with Gasteiger partial charge in [0.25, 0.3) is 0 Å². The van der Waals surface area contributed by atoms with Gasteiger partial charge >= 0.3 is 0 Å². The molecule has 1 atom stereocenters. The molecule has 5 heteroatoms. The van der Waals surface area contributed by atoms with E-state index < -0.39 is 0 Å². The highest BCUT2D eigenvalue weighted by Gasteiger charge is 2.16. The van der Waals surface area contributed by atoms with Crippen molar-refractivity contribution in [2.24, 2.45) is 0 Å². The first-order valence-electron chi connectivity index (χ1n) is 6.49. The molecule has 0 radical (unpaired) electrons. The predicted molar refractivity (Wildman–Crippen MR) is 70.2 cm³/mol. The molecule has 2 N–H and O–H groups in total. The minimum absolute atomic E-state index is 0.0603. The van der Waals surface area contributed by atoms with E-state index in [4.69, 9.17) is 0 Å². The van der Waals surface area contributed by atoms with E-state index in [2.05, 4.69) is 27.1 Å².